The number of fused-ring (bicyclic) bond motifs is 1. The van der Waals surface area contributed by atoms with Gasteiger partial charge in [0.2, 0.25) is 10.0 Å². The summed E-state index contributed by atoms with van der Waals surface area (Å²) < 4.78 is 32.5. The predicted octanol–water partition coefficient (Wildman–Crippen LogP) is 3.03. The molecule has 1 aliphatic carbocycles. The summed E-state index contributed by atoms with van der Waals surface area (Å²) in [7, 11) is -2.31. The Balaban J connectivity index is 1.76. The van der Waals surface area contributed by atoms with Gasteiger partial charge in [-0.1, -0.05) is 37.3 Å². The Bertz CT molecular complexity index is 985. The van der Waals surface area contributed by atoms with Crippen LogP contribution in [0.5, 0.6) is 0 Å². The largest absolute Gasteiger partial charge is 0.469 e. The number of esters is 1. The van der Waals surface area contributed by atoms with Crippen LogP contribution >= 0.6 is 0 Å². The molecule has 3 rings (SSSR count). The summed E-state index contributed by atoms with van der Waals surface area (Å²) >= 11 is 0. The first kappa shape index (κ1) is 20.2. The number of carbonyl (C=O) groups is 2. The summed E-state index contributed by atoms with van der Waals surface area (Å²) in [6.07, 6.45) is 1.35. The summed E-state index contributed by atoms with van der Waals surface area (Å²) in [5.74, 6) is -1.02. The standard InChI is InChI=1S/C21H23NO5S/c1-14(12-20(23)27-2)21(24)16-8-10-18-15(13-16)9-11-19(18)22-28(25,26)17-6-4-3-5-7-17/h3-8,10,13-14,19,22H,9,11-12H2,1-2H3. The van der Waals surface area contributed by atoms with Crippen LogP contribution < -0.4 is 4.72 Å². The Morgan fingerprint density at radius 2 is 1.89 bits per heavy atom. The van der Waals surface area contributed by atoms with Gasteiger partial charge in [0.15, 0.2) is 5.78 Å². The summed E-state index contributed by atoms with van der Waals surface area (Å²) in [6.45, 7) is 1.70. The molecular formula is C21H23NO5S. The fourth-order valence-corrected chi connectivity index (χ4v) is 4.73. The zero-order valence-electron chi connectivity index (χ0n) is 15.8. The molecule has 0 spiro atoms. The van der Waals surface area contributed by atoms with Crippen molar-refractivity contribution in [2.75, 3.05) is 7.11 Å². The van der Waals surface area contributed by atoms with Crippen molar-refractivity contribution in [2.45, 2.75) is 37.1 Å². The molecule has 2 unspecified atom stereocenters. The molecule has 6 nitrogen and oxygen atoms in total. The molecule has 0 radical (unpaired) electrons. The molecule has 0 heterocycles. The Morgan fingerprint density at radius 3 is 2.57 bits per heavy atom. The summed E-state index contributed by atoms with van der Waals surface area (Å²) in [4.78, 5) is 24.2. The van der Waals surface area contributed by atoms with E-state index in [1.165, 1.54) is 7.11 Å². The van der Waals surface area contributed by atoms with Crippen molar-refractivity contribution in [1.82, 2.24) is 4.72 Å². The van der Waals surface area contributed by atoms with Crippen LogP contribution in [0.15, 0.2) is 53.4 Å². The topological polar surface area (TPSA) is 89.5 Å². The number of hydrogen-bond donors (Lipinski definition) is 1. The fourth-order valence-electron chi connectivity index (χ4n) is 3.46. The minimum atomic E-state index is -3.61. The number of nitrogens with one attached hydrogen (secondary N) is 1. The number of hydrogen-bond acceptors (Lipinski definition) is 5. The average Bonchev–Trinajstić information content (AvgIpc) is 3.09. The van der Waals surface area contributed by atoms with Gasteiger partial charge < -0.3 is 4.74 Å². The second-order valence-electron chi connectivity index (χ2n) is 6.98. The van der Waals surface area contributed by atoms with Gasteiger partial charge >= 0.3 is 5.97 Å². The van der Waals surface area contributed by atoms with Gasteiger partial charge in [-0.25, -0.2) is 13.1 Å². The van der Waals surface area contributed by atoms with Crippen LogP contribution in [0.25, 0.3) is 0 Å². The molecule has 2 aromatic rings. The molecule has 28 heavy (non-hydrogen) atoms. The number of Topliss-reactive ketones (excluding diaryl/α,β-unsaturated/α-hetero) is 1. The highest BCUT2D eigenvalue weighted by Gasteiger charge is 2.29. The maximum Gasteiger partial charge on any atom is 0.306 e. The van der Waals surface area contributed by atoms with Gasteiger partial charge in [-0.3, -0.25) is 9.59 Å². The van der Waals surface area contributed by atoms with E-state index in [0.29, 0.717) is 18.4 Å². The van der Waals surface area contributed by atoms with E-state index >= 15 is 0 Å². The van der Waals surface area contributed by atoms with Crippen LogP contribution in [0.4, 0.5) is 0 Å². The van der Waals surface area contributed by atoms with E-state index in [4.69, 9.17) is 0 Å². The second kappa shape index (κ2) is 8.24. The molecule has 0 saturated heterocycles. The quantitative estimate of drug-likeness (QED) is 0.569. The lowest BCUT2D eigenvalue weighted by Crippen LogP contribution is -2.27. The molecule has 0 aliphatic heterocycles. The van der Waals surface area contributed by atoms with E-state index in [9.17, 15) is 18.0 Å². The SMILES string of the molecule is COC(=O)CC(C)C(=O)c1ccc2c(c1)CCC2NS(=O)(=O)c1ccccc1. The summed E-state index contributed by atoms with van der Waals surface area (Å²) in [6, 6.07) is 13.2. The normalized spacial score (nSPS) is 17.0. The maximum atomic E-state index is 12.6. The Labute approximate surface area is 165 Å². The van der Waals surface area contributed by atoms with Gasteiger partial charge in [0, 0.05) is 17.5 Å². The van der Waals surface area contributed by atoms with Crippen molar-refractivity contribution < 1.29 is 22.7 Å². The number of ether oxygens (including phenoxy) is 1. The lowest BCUT2D eigenvalue weighted by molar-refractivity contribution is -0.141. The van der Waals surface area contributed by atoms with Gasteiger partial charge in [-0.15, -0.1) is 0 Å². The van der Waals surface area contributed by atoms with Crippen molar-refractivity contribution in [3.05, 3.63) is 65.2 Å². The van der Waals surface area contributed by atoms with Gasteiger partial charge in [0.1, 0.15) is 0 Å². The highest BCUT2D eigenvalue weighted by atomic mass is 32.2. The van der Waals surface area contributed by atoms with Gasteiger partial charge in [-0.2, -0.15) is 0 Å². The minimum Gasteiger partial charge on any atom is -0.469 e. The van der Waals surface area contributed by atoms with Crippen molar-refractivity contribution in [3.63, 3.8) is 0 Å². The number of methoxy groups -OCH3 is 1. The number of sulfonamides is 1. The number of benzene rings is 2. The van der Waals surface area contributed by atoms with E-state index in [0.717, 1.165) is 11.1 Å². The molecule has 2 aromatic carbocycles. The van der Waals surface area contributed by atoms with Crippen molar-refractivity contribution in [1.29, 1.82) is 0 Å². The van der Waals surface area contributed by atoms with E-state index in [-0.39, 0.29) is 23.1 Å². The molecule has 0 saturated carbocycles. The number of rotatable bonds is 7. The monoisotopic (exact) mass is 401 g/mol. The molecule has 1 N–H and O–H groups in total. The third-order valence-corrected chi connectivity index (χ3v) is 6.49. The smallest absolute Gasteiger partial charge is 0.306 e. The Morgan fingerprint density at radius 1 is 1.18 bits per heavy atom. The van der Waals surface area contributed by atoms with E-state index in [2.05, 4.69) is 9.46 Å². The second-order valence-corrected chi connectivity index (χ2v) is 8.70. The highest BCUT2D eigenvalue weighted by Crippen LogP contribution is 2.33. The van der Waals surface area contributed by atoms with Crippen LogP contribution in [0.1, 0.15) is 47.3 Å². The fraction of sp³-hybridized carbons (Fsp3) is 0.333. The predicted molar refractivity (Wildman–Crippen MR) is 104 cm³/mol. The molecule has 0 bridgehead atoms. The van der Waals surface area contributed by atoms with Gasteiger partial charge in [0.25, 0.3) is 0 Å². The van der Waals surface area contributed by atoms with Gasteiger partial charge in [0.05, 0.1) is 18.4 Å². The first-order valence-corrected chi connectivity index (χ1v) is 10.6. The highest BCUT2D eigenvalue weighted by molar-refractivity contribution is 7.89. The number of carbonyl (C=O) groups excluding carboxylic acids is 2. The van der Waals surface area contributed by atoms with Crippen molar-refractivity contribution in [3.8, 4) is 0 Å². The molecule has 7 heteroatoms. The minimum absolute atomic E-state index is 0.0336. The molecular weight excluding hydrogens is 378 g/mol. The van der Waals surface area contributed by atoms with Crippen LogP contribution in [0.3, 0.4) is 0 Å². The maximum absolute atomic E-state index is 12.6. The Hall–Kier alpha value is -2.51. The van der Waals surface area contributed by atoms with Gasteiger partial charge in [-0.05, 0) is 42.2 Å². The van der Waals surface area contributed by atoms with Crippen LogP contribution in [-0.4, -0.2) is 27.3 Å². The molecule has 0 fully saturated rings. The zero-order valence-corrected chi connectivity index (χ0v) is 16.7. The van der Waals surface area contributed by atoms with E-state index in [1.54, 1.807) is 49.4 Å². The molecule has 0 aromatic heterocycles. The van der Waals surface area contributed by atoms with Crippen LogP contribution in [-0.2, 0) is 26.0 Å². The third kappa shape index (κ3) is 4.31. The van der Waals surface area contributed by atoms with Crippen molar-refractivity contribution >= 4 is 21.8 Å². The first-order chi connectivity index (χ1) is 13.3. The lowest BCUT2D eigenvalue weighted by atomic mass is 9.94. The summed E-state index contributed by atoms with van der Waals surface area (Å²) in [5.41, 5.74) is 2.37. The van der Waals surface area contributed by atoms with E-state index < -0.39 is 21.9 Å². The van der Waals surface area contributed by atoms with E-state index in [1.807, 2.05) is 6.07 Å². The summed E-state index contributed by atoms with van der Waals surface area (Å²) in [5, 5.41) is 0. The molecule has 2 atom stereocenters. The third-order valence-electron chi connectivity index (χ3n) is 5.00. The molecule has 148 valence electrons. The Kier molecular flexibility index (Phi) is 5.96. The van der Waals surface area contributed by atoms with Crippen LogP contribution in [0, 0.1) is 5.92 Å². The van der Waals surface area contributed by atoms with Crippen molar-refractivity contribution in [2.24, 2.45) is 5.92 Å². The zero-order chi connectivity index (χ0) is 20.3. The molecule has 1 aliphatic rings. The first-order valence-electron chi connectivity index (χ1n) is 9.13. The molecule has 0 amide bonds. The average molecular weight is 401 g/mol. The lowest BCUT2D eigenvalue weighted by Gasteiger charge is -2.15. The number of ketones is 1. The van der Waals surface area contributed by atoms with Crippen LogP contribution in [0.2, 0.25) is 0 Å². The number of aryl methyl sites for hydroxylation is 1.